The first-order chi connectivity index (χ1) is 15.6. The SMILES string of the molecule is Cc1cc(C(=O)Nc2ccc(C3CCN(C(=O)c4ccc5[nH]ccc5n4)CC3)cc2)no1. The molecule has 1 aromatic carbocycles. The monoisotopic (exact) mass is 429 g/mol. The minimum absolute atomic E-state index is 0.0206. The van der Waals surface area contributed by atoms with Crippen molar-refractivity contribution in [2.24, 2.45) is 0 Å². The summed E-state index contributed by atoms with van der Waals surface area (Å²) in [6, 6.07) is 15.0. The molecule has 0 radical (unpaired) electrons. The molecule has 1 aliphatic rings. The fraction of sp³-hybridized carbons (Fsp3) is 0.250. The molecule has 162 valence electrons. The molecule has 2 amide bonds. The fourth-order valence-corrected chi connectivity index (χ4v) is 4.14. The summed E-state index contributed by atoms with van der Waals surface area (Å²) in [6.07, 6.45) is 3.60. The molecule has 0 unspecified atom stereocenters. The third-order valence-electron chi connectivity index (χ3n) is 5.91. The van der Waals surface area contributed by atoms with Crippen molar-refractivity contribution in [1.29, 1.82) is 0 Å². The number of aromatic nitrogens is 3. The number of pyridine rings is 1. The summed E-state index contributed by atoms with van der Waals surface area (Å²) >= 11 is 0. The predicted molar refractivity (Wildman–Crippen MR) is 120 cm³/mol. The number of aryl methyl sites for hydroxylation is 1. The summed E-state index contributed by atoms with van der Waals surface area (Å²) in [5.74, 6) is 0.652. The first kappa shape index (κ1) is 20.0. The van der Waals surface area contributed by atoms with Gasteiger partial charge >= 0.3 is 0 Å². The average Bonchev–Trinajstić information content (AvgIpc) is 3.47. The number of hydrogen-bond acceptors (Lipinski definition) is 5. The van der Waals surface area contributed by atoms with Gasteiger partial charge in [-0.05, 0) is 61.6 Å². The number of hydrogen-bond donors (Lipinski definition) is 2. The topological polar surface area (TPSA) is 104 Å². The van der Waals surface area contributed by atoms with Crippen LogP contribution < -0.4 is 5.32 Å². The molecule has 3 aromatic heterocycles. The van der Waals surface area contributed by atoms with Gasteiger partial charge in [0, 0.05) is 31.0 Å². The molecule has 8 heteroatoms. The Morgan fingerprint density at radius 1 is 1.06 bits per heavy atom. The van der Waals surface area contributed by atoms with Gasteiger partial charge in [0.25, 0.3) is 11.8 Å². The van der Waals surface area contributed by atoms with Crippen molar-refractivity contribution >= 4 is 28.5 Å². The van der Waals surface area contributed by atoms with Crippen LogP contribution in [0.2, 0.25) is 0 Å². The van der Waals surface area contributed by atoms with E-state index in [1.807, 2.05) is 47.5 Å². The van der Waals surface area contributed by atoms with Crippen molar-refractivity contribution in [2.45, 2.75) is 25.7 Å². The van der Waals surface area contributed by atoms with Gasteiger partial charge in [-0.2, -0.15) is 0 Å². The number of benzene rings is 1. The van der Waals surface area contributed by atoms with E-state index < -0.39 is 0 Å². The molecule has 1 saturated heterocycles. The standard InChI is InChI=1S/C24H23N5O3/c1-15-14-22(28-32-15)23(30)26-18-4-2-16(3-5-18)17-9-12-29(13-10-17)24(31)21-7-6-19-20(27-21)8-11-25-19/h2-8,11,14,17,25H,9-10,12-13H2,1H3,(H,26,30). The lowest BCUT2D eigenvalue weighted by Gasteiger charge is -2.32. The molecule has 0 spiro atoms. The van der Waals surface area contributed by atoms with Crippen molar-refractivity contribution in [3.05, 3.63) is 77.4 Å². The summed E-state index contributed by atoms with van der Waals surface area (Å²) in [6.45, 7) is 3.13. The predicted octanol–water partition coefficient (Wildman–Crippen LogP) is 4.13. The molecule has 0 bridgehead atoms. The third kappa shape index (κ3) is 3.99. The Bertz CT molecular complexity index is 1270. The van der Waals surface area contributed by atoms with E-state index in [2.05, 4.69) is 20.4 Å². The highest BCUT2D eigenvalue weighted by Gasteiger charge is 2.25. The molecule has 32 heavy (non-hydrogen) atoms. The molecule has 2 N–H and O–H groups in total. The van der Waals surface area contributed by atoms with Gasteiger partial charge in [0.15, 0.2) is 5.69 Å². The van der Waals surface area contributed by atoms with E-state index in [4.69, 9.17) is 4.52 Å². The van der Waals surface area contributed by atoms with Crippen molar-refractivity contribution in [2.75, 3.05) is 18.4 Å². The summed E-state index contributed by atoms with van der Waals surface area (Å²) < 4.78 is 4.95. The lowest BCUT2D eigenvalue weighted by Crippen LogP contribution is -2.38. The molecule has 4 aromatic rings. The van der Waals surface area contributed by atoms with Gasteiger partial charge in [-0.15, -0.1) is 0 Å². The van der Waals surface area contributed by atoms with Gasteiger partial charge in [-0.25, -0.2) is 4.98 Å². The highest BCUT2D eigenvalue weighted by atomic mass is 16.5. The maximum atomic E-state index is 12.9. The first-order valence-electron chi connectivity index (χ1n) is 10.6. The highest BCUT2D eigenvalue weighted by molar-refractivity contribution is 6.02. The van der Waals surface area contributed by atoms with Crippen LogP contribution in [0.1, 0.15) is 51.1 Å². The molecule has 0 aliphatic carbocycles. The zero-order valence-electron chi connectivity index (χ0n) is 17.7. The van der Waals surface area contributed by atoms with Crippen LogP contribution in [0.15, 0.2) is 59.3 Å². The van der Waals surface area contributed by atoms with E-state index in [1.54, 1.807) is 19.1 Å². The molecular formula is C24H23N5O3. The molecule has 0 saturated carbocycles. The van der Waals surface area contributed by atoms with Crippen LogP contribution in [-0.4, -0.2) is 44.9 Å². The molecule has 1 fully saturated rings. The number of piperidine rings is 1. The number of H-pyrrole nitrogens is 1. The molecule has 8 nitrogen and oxygen atoms in total. The van der Waals surface area contributed by atoms with E-state index in [0.29, 0.717) is 36.1 Å². The number of nitrogens with one attached hydrogen (secondary N) is 2. The van der Waals surface area contributed by atoms with Crippen LogP contribution in [0.5, 0.6) is 0 Å². The van der Waals surface area contributed by atoms with Gasteiger partial charge in [-0.1, -0.05) is 17.3 Å². The second-order valence-corrected chi connectivity index (χ2v) is 8.07. The van der Waals surface area contributed by atoms with Crippen LogP contribution in [-0.2, 0) is 0 Å². The Balaban J connectivity index is 1.18. The molecule has 0 atom stereocenters. The van der Waals surface area contributed by atoms with Crippen molar-refractivity contribution < 1.29 is 14.1 Å². The largest absolute Gasteiger partial charge is 0.361 e. The number of carbonyl (C=O) groups is 2. The van der Waals surface area contributed by atoms with Crippen LogP contribution in [0, 0.1) is 6.92 Å². The van der Waals surface area contributed by atoms with Crippen molar-refractivity contribution in [3.8, 4) is 0 Å². The normalized spacial score (nSPS) is 14.6. The molecule has 4 heterocycles. The zero-order valence-corrected chi connectivity index (χ0v) is 17.7. The van der Waals surface area contributed by atoms with Gasteiger partial charge in [0.1, 0.15) is 11.5 Å². The Kier molecular flexibility index (Phi) is 5.18. The summed E-state index contributed by atoms with van der Waals surface area (Å²) in [4.78, 5) is 34.5. The number of carbonyl (C=O) groups excluding carboxylic acids is 2. The summed E-state index contributed by atoms with van der Waals surface area (Å²) in [7, 11) is 0. The van der Waals surface area contributed by atoms with Gasteiger partial charge < -0.3 is 19.7 Å². The molecule has 1 aliphatic heterocycles. The maximum absolute atomic E-state index is 12.9. The number of nitrogens with zero attached hydrogens (tertiary/aromatic N) is 3. The summed E-state index contributed by atoms with van der Waals surface area (Å²) in [5, 5.41) is 6.56. The van der Waals surface area contributed by atoms with E-state index in [1.165, 1.54) is 5.56 Å². The van der Waals surface area contributed by atoms with Gasteiger partial charge in [-0.3, -0.25) is 9.59 Å². The first-order valence-corrected chi connectivity index (χ1v) is 10.6. The fourth-order valence-electron chi connectivity index (χ4n) is 4.14. The van der Waals surface area contributed by atoms with Gasteiger partial charge in [0.2, 0.25) is 0 Å². The maximum Gasteiger partial charge on any atom is 0.277 e. The zero-order chi connectivity index (χ0) is 22.1. The Morgan fingerprint density at radius 3 is 2.56 bits per heavy atom. The third-order valence-corrected chi connectivity index (χ3v) is 5.91. The van der Waals surface area contributed by atoms with Crippen molar-refractivity contribution in [3.63, 3.8) is 0 Å². The molecular weight excluding hydrogens is 406 g/mol. The Labute approximate surface area is 184 Å². The van der Waals surface area contributed by atoms with Crippen LogP contribution in [0.25, 0.3) is 11.0 Å². The van der Waals surface area contributed by atoms with E-state index in [0.717, 1.165) is 23.9 Å². The van der Waals surface area contributed by atoms with E-state index in [9.17, 15) is 9.59 Å². The van der Waals surface area contributed by atoms with Crippen LogP contribution >= 0.6 is 0 Å². The highest BCUT2D eigenvalue weighted by Crippen LogP contribution is 2.29. The van der Waals surface area contributed by atoms with Crippen molar-refractivity contribution in [1.82, 2.24) is 20.0 Å². The molecule has 5 rings (SSSR count). The number of rotatable bonds is 4. The average molecular weight is 429 g/mol. The second-order valence-electron chi connectivity index (χ2n) is 8.07. The van der Waals surface area contributed by atoms with Gasteiger partial charge in [0.05, 0.1) is 11.0 Å². The Hall–Kier alpha value is -3.94. The number of fused-ring (bicyclic) bond motifs is 1. The van der Waals surface area contributed by atoms with Crippen LogP contribution in [0.4, 0.5) is 5.69 Å². The van der Waals surface area contributed by atoms with Crippen LogP contribution in [0.3, 0.4) is 0 Å². The van der Waals surface area contributed by atoms with E-state index >= 15 is 0 Å². The second kappa shape index (κ2) is 8.30. The summed E-state index contributed by atoms with van der Waals surface area (Å²) in [5.41, 5.74) is 4.39. The lowest BCUT2D eigenvalue weighted by molar-refractivity contribution is 0.0707. The minimum atomic E-state index is -0.298. The smallest absolute Gasteiger partial charge is 0.277 e. The Morgan fingerprint density at radius 2 is 1.84 bits per heavy atom. The quantitative estimate of drug-likeness (QED) is 0.508. The minimum Gasteiger partial charge on any atom is -0.361 e. The lowest BCUT2D eigenvalue weighted by atomic mass is 9.89. The number of likely N-dealkylation sites (tertiary alicyclic amines) is 1. The van der Waals surface area contributed by atoms with E-state index in [-0.39, 0.29) is 17.5 Å². The number of anilines is 1. The number of aromatic amines is 1. The number of amides is 2.